The molecule has 1 atom stereocenters. The minimum Gasteiger partial charge on any atom is -0.395 e. The molecule has 0 saturated carbocycles. The summed E-state index contributed by atoms with van der Waals surface area (Å²) in [6.45, 7) is 7.31. The van der Waals surface area contributed by atoms with E-state index in [0.29, 0.717) is 51.0 Å². The van der Waals surface area contributed by atoms with E-state index in [1.807, 2.05) is 26.0 Å². The van der Waals surface area contributed by atoms with Gasteiger partial charge in [-0.15, -0.1) is 0 Å². The Morgan fingerprint density at radius 1 is 0.854 bits per heavy atom. The molecule has 3 aromatic rings. The van der Waals surface area contributed by atoms with Gasteiger partial charge in [0.05, 0.1) is 11.5 Å². The van der Waals surface area contributed by atoms with E-state index >= 15 is 0 Å². The zero-order valence-corrected chi connectivity index (χ0v) is 29.1. The summed E-state index contributed by atoms with van der Waals surface area (Å²) in [5, 5.41) is 15.7. The van der Waals surface area contributed by atoms with Crippen LogP contribution in [0.2, 0.25) is 0 Å². The molecule has 12 heteroatoms. The molecule has 9 nitrogen and oxygen atoms in total. The van der Waals surface area contributed by atoms with Crippen LogP contribution in [-0.2, 0) is 29.4 Å². The fourth-order valence-corrected chi connectivity index (χ4v) is 6.69. The average molecular weight is 687 g/mol. The largest absolute Gasteiger partial charge is 0.395 e. The number of halogens is 2. The van der Waals surface area contributed by atoms with Gasteiger partial charge in [-0.1, -0.05) is 45.0 Å². The third-order valence-corrected chi connectivity index (χ3v) is 9.79. The smallest absolute Gasteiger partial charge is 0.253 e. The van der Waals surface area contributed by atoms with Gasteiger partial charge >= 0.3 is 0 Å². The number of hydrogen-bond donors (Lipinski definition) is 3. The predicted molar refractivity (Wildman–Crippen MR) is 183 cm³/mol. The molecule has 3 rings (SSSR count). The lowest BCUT2D eigenvalue weighted by Gasteiger charge is -2.23. The number of sulfonamides is 1. The number of hydrogen-bond acceptors (Lipinski definition) is 6. The van der Waals surface area contributed by atoms with Crippen LogP contribution in [0.4, 0.5) is 8.78 Å². The van der Waals surface area contributed by atoms with Gasteiger partial charge in [-0.25, -0.2) is 17.2 Å². The Hall–Kier alpha value is -3.71. The normalized spacial score (nSPS) is 12.2. The first kappa shape index (κ1) is 38.7. The van der Waals surface area contributed by atoms with E-state index in [-0.39, 0.29) is 29.0 Å². The molecular weight excluding hydrogens is 638 g/mol. The van der Waals surface area contributed by atoms with Gasteiger partial charge in [0, 0.05) is 56.5 Å². The summed E-state index contributed by atoms with van der Waals surface area (Å²) in [4.78, 5) is 28.8. The maximum atomic E-state index is 14.1. The highest BCUT2D eigenvalue weighted by molar-refractivity contribution is 7.89. The Labute approximate surface area is 283 Å². The maximum absolute atomic E-state index is 14.1. The molecule has 2 amide bonds. The van der Waals surface area contributed by atoms with Crippen molar-refractivity contribution in [1.82, 2.24) is 19.8 Å². The second-order valence-corrected chi connectivity index (χ2v) is 13.9. The third kappa shape index (κ3) is 11.2. The Balaban J connectivity index is 1.94. The van der Waals surface area contributed by atoms with Gasteiger partial charge in [-0.2, -0.15) is 4.31 Å². The van der Waals surface area contributed by atoms with Gasteiger partial charge < -0.3 is 20.6 Å². The van der Waals surface area contributed by atoms with E-state index in [1.165, 1.54) is 42.9 Å². The first-order chi connectivity index (χ1) is 22.9. The molecule has 0 bridgehead atoms. The summed E-state index contributed by atoms with van der Waals surface area (Å²) in [5.41, 5.74) is 2.65. The van der Waals surface area contributed by atoms with Crippen molar-refractivity contribution in [2.45, 2.75) is 70.4 Å². The quantitative estimate of drug-likeness (QED) is 0.154. The van der Waals surface area contributed by atoms with Crippen molar-refractivity contribution >= 4 is 21.8 Å². The van der Waals surface area contributed by atoms with Gasteiger partial charge in [0.1, 0.15) is 11.6 Å². The molecule has 48 heavy (non-hydrogen) atoms. The maximum Gasteiger partial charge on any atom is 0.253 e. The van der Waals surface area contributed by atoms with Crippen molar-refractivity contribution in [3.8, 4) is 0 Å². The third-order valence-electron chi connectivity index (χ3n) is 7.95. The van der Waals surface area contributed by atoms with E-state index < -0.39 is 46.1 Å². The zero-order valence-electron chi connectivity index (χ0n) is 28.3. The lowest BCUT2D eigenvalue weighted by molar-refractivity contribution is 0.0755. The van der Waals surface area contributed by atoms with Crippen LogP contribution in [0.5, 0.6) is 0 Å². The second-order valence-electron chi connectivity index (χ2n) is 11.9. The summed E-state index contributed by atoms with van der Waals surface area (Å²) in [6.07, 6.45) is 2.79. The van der Waals surface area contributed by atoms with Crippen molar-refractivity contribution in [3.63, 3.8) is 0 Å². The van der Waals surface area contributed by atoms with Crippen LogP contribution in [0.15, 0.2) is 65.6 Å². The van der Waals surface area contributed by atoms with E-state index in [2.05, 4.69) is 29.7 Å². The average Bonchev–Trinajstić information content (AvgIpc) is 3.05. The first-order valence-electron chi connectivity index (χ1n) is 16.5. The number of rotatable bonds is 19. The molecule has 0 aliphatic heterocycles. The predicted octanol–water partition coefficient (Wildman–Crippen LogP) is 4.92. The highest BCUT2D eigenvalue weighted by Crippen LogP contribution is 2.21. The molecule has 0 fully saturated rings. The van der Waals surface area contributed by atoms with Crippen LogP contribution in [0.25, 0.3) is 0 Å². The number of carbonyl (C=O) groups excluding carboxylic acids is 2. The van der Waals surface area contributed by atoms with Crippen molar-refractivity contribution < 1.29 is 31.9 Å². The lowest BCUT2D eigenvalue weighted by Crippen LogP contribution is -2.39. The van der Waals surface area contributed by atoms with Crippen molar-refractivity contribution in [3.05, 3.63) is 100 Å². The van der Waals surface area contributed by atoms with Crippen molar-refractivity contribution in [1.29, 1.82) is 0 Å². The van der Waals surface area contributed by atoms with Crippen LogP contribution in [-0.4, -0.2) is 80.4 Å². The van der Waals surface area contributed by atoms with Crippen LogP contribution in [0.1, 0.15) is 77.4 Å². The number of benzene rings is 3. The highest BCUT2D eigenvalue weighted by atomic mass is 32.2. The summed E-state index contributed by atoms with van der Waals surface area (Å²) in [6, 6.07) is 14.6. The molecule has 0 saturated heterocycles. The molecule has 0 heterocycles. The van der Waals surface area contributed by atoms with Crippen LogP contribution < -0.4 is 10.6 Å². The van der Waals surface area contributed by atoms with Crippen LogP contribution >= 0.6 is 0 Å². The van der Waals surface area contributed by atoms with Gasteiger partial charge in [-0.3, -0.25) is 9.59 Å². The lowest BCUT2D eigenvalue weighted by atomic mass is 10.0. The number of carbonyl (C=O) groups is 2. The Kier molecular flexibility index (Phi) is 15.1. The summed E-state index contributed by atoms with van der Waals surface area (Å²) < 4.78 is 56.0. The summed E-state index contributed by atoms with van der Waals surface area (Å²) in [7, 11) is -2.86. The van der Waals surface area contributed by atoms with Gasteiger partial charge in [0.2, 0.25) is 10.0 Å². The number of aliphatic hydroxyl groups is 1. The Bertz CT molecular complexity index is 1610. The van der Waals surface area contributed by atoms with E-state index in [4.69, 9.17) is 0 Å². The number of nitrogens with zero attached hydrogens (tertiary/aromatic N) is 2. The molecule has 262 valence electrons. The topological polar surface area (TPSA) is 119 Å². The van der Waals surface area contributed by atoms with Gasteiger partial charge in [0.25, 0.3) is 11.8 Å². The minimum absolute atomic E-state index is 0.0419. The van der Waals surface area contributed by atoms with E-state index in [1.54, 1.807) is 4.90 Å². The zero-order chi connectivity index (χ0) is 35.3. The standard InChI is InChI=1S/C36H48F2N4O5S/c1-5-13-42(14-6-2)36(45)30-21-29(22-34(23-30)48(46,47)41(4)15-16-43)35(44)40-33(20-28-18-31(37)24-32(38)19-28)11-12-39-25-27-10-8-9-26(7-3)17-27/h8-10,17-19,21-24,33,39,43H,5-7,11-16,20,25H2,1-4H3,(H,40,44)/t33-/m1/s1. The van der Waals surface area contributed by atoms with Crippen molar-refractivity contribution in [2.75, 3.05) is 39.8 Å². The number of amides is 2. The highest BCUT2D eigenvalue weighted by Gasteiger charge is 2.26. The van der Waals surface area contributed by atoms with Gasteiger partial charge in [-0.05, 0) is 85.7 Å². The first-order valence-corrected chi connectivity index (χ1v) is 17.9. The Morgan fingerprint density at radius 3 is 2.12 bits per heavy atom. The molecule has 0 spiro atoms. The van der Waals surface area contributed by atoms with Crippen molar-refractivity contribution in [2.24, 2.45) is 0 Å². The molecular formula is C36H48F2N4O5S. The number of aliphatic hydroxyl groups excluding tert-OH is 1. The Morgan fingerprint density at radius 2 is 1.50 bits per heavy atom. The molecule has 3 N–H and O–H groups in total. The number of nitrogens with one attached hydrogen (secondary N) is 2. The molecule has 3 aromatic carbocycles. The van der Waals surface area contributed by atoms with Crippen LogP contribution in [0, 0.1) is 11.6 Å². The molecule has 0 radical (unpaired) electrons. The van der Waals surface area contributed by atoms with Gasteiger partial charge in [0.15, 0.2) is 0 Å². The number of likely N-dealkylation sites (N-methyl/N-ethyl adjacent to an activating group) is 1. The second kappa shape index (κ2) is 18.7. The van der Waals surface area contributed by atoms with E-state index in [9.17, 15) is 31.9 Å². The summed E-state index contributed by atoms with van der Waals surface area (Å²) in [5.74, 6) is -2.51. The molecule has 0 aliphatic rings. The fraction of sp³-hybridized carbons (Fsp3) is 0.444. The number of aryl methyl sites for hydroxylation is 1. The van der Waals surface area contributed by atoms with Crippen LogP contribution in [0.3, 0.4) is 0 Å². The molecule has 0 aliphatic carbocycles. The summed E-state index contributed by atoms with van der Waals surface area (Å²) >= 11 is 0. The van der Waals surface area contributed by atoms with E-state index in [0.717, 1.165) is 22.4 Å². The minimum atomic E-state index is -4.17. The SMILES string of the molecule is CCCN(CCC)C(=O)c1cc(C(=O)N[C@H](CCNCc2cccc(CC)c2)Cc2cc(F)cc(F)c2)cc(S(=O)(=O)N(C)CCO)c1. The monoisotopic (exact) mass is 686 g/mol. The molecule has 0 unspecified atom stereocenters. The fourth-order valence-electron chi connectivity index (χ4n) is 5.46. The molecule has 0 aromatic heterocycles.